The summed E-state index contributed by atoms with van der Waals surface area (Å²) in [6.07, 6.45) is 5.43. The molecule has 5 heteroatoms. The molecule has 0 aliphatic rings. The van der Waals surface area contributed by atoms with Crippen LogP contribution in [0, 0.1) is 23.8 Å². The number of aliphatic hydroxyl groups is 1. The molecule has 0 fully saturated rings. The van der Waals surface area contributed by atoms with Crippen LogP contribution in [0.5, 0.6) is 0 Å². The second-order valence-corrected chi connectivity index (χ2v) is 11.9. The average Bonchev–Trinajstić information content (AvgIpc) is 2.82. The van der Waals surface area contributed by atoms with Gasteiger partial charge in [0.1, 0.15) is 5.76 Å². The number of fused-ring (bicyclic) bond motifs is 1. The van der Waals surface area contributed by atoms with Crippen molar-refractivity contribution in [3.8, 4) is 11.3 Å². The number of carbonyl (C=O) groups excluding carboxylic acids is 1. The molecule has 3 rings (SSSR count). The number of nitrogens with zero attached hydrogens (tertiary/aromatic N) is 2. The molecule has 1 N–H and O–H groups in total. The van der Waals surface area contributed by atoms with E-state index in [1.54, 1.807) is 0 Å². The van der Waals surface area contributed by atoms with Crippen molar-refractivity contribution >= 4 is 16.8 Å². The summed E-state index contributed by atoms with van der Waals surface area (Å²) in [5.41, 5.74) is 5.73. The van der Waals surface area contributed by atoms with Crippen LogP contribution in [0.3, 0.4) is 0 Å². The maximum Gasteiger partial charge on any atom is 0.164 e. The van der Waals surface area contributed by atoms with Gasteiger partial charge in [-0.1, -0.05) is 81.4 Å². The number of aromatic nitrogens is 2. The minimum absolute atomic E-state index is 0. The standard InChI is InChI=1S/C21H23N2.C11H20O2.Ir/c1-5-21(4,6-2)17-12-15(3)11-16(13-17)20-14-22-18-9-7-8-10-19(18)23-20;1-10(2,3)8(12)7-9(13)11(4,5)6;/h7-10,12-14H,5-6H2,1-4H3;7,12H,1-6H3;/q-1;;/b;8-7-;. The zero-order valence-electron chi connectivity index (χ0n) is 24.1. The van der Waals surface area contributed by atoms with Gasteiger partial charge in [0.2, 0.25) is 0 Å². The van der Waals surface area contributed by atoms with Gasteiger partial charge in [-0.25, -0.2) is 0 Å². The fourth-order valence-electron chi connectivity index (χ4n) is 3.50. The Morgan fingerprint density at radius 1 is 0.946 bits per heavy atom. The zero-order valence-corrected chi connectivity index (χ0v) is 26.5. The van der Waals surface area contributed by atoms with Crippen LogP contribution in [0.1, 0.15) is 86.3 Å². The fraction of sp³-hybridized carbons (Fsp3) is 0.469. The Balaban J connectivity index is 0.000000423. The molecule has 0 amide bonds. The third-order valence-corrected chi connectivity index (χ3v) is 6.76. The molecular formula is C32H43IrN2O2-. The van der Waals surface area contributed by atoms with Gasteiger partial charge >= 0.3 is 0 Å². The molecule has 203 valence electrons. The van der Waals surface area contributed by atoms with Crippen molar-refractivity contribution in [1.82, 2.24) is 9.97 Å². The van der Waals surface area contributed by atoms with Gasteiger partial charge in [-0.2, -0.15) is 0 Å². The van der Waals surface area contributed by atoms with E-state index in [9.17, 15) is 9.90 Å². The van der Waals surface area contributed by atoms with Crippen LogP contribution in [0.4, 0.5) is 0 Å². The molecule has 3 aromatic rings. The van der Waals surface area contributed by atoms with Gasteiger partial charge in [-0.05, 0) is 30.4 Å². The first kappa shape index (κ1) is 32.7. The SMILES string of the molecule is CC(C)(C)C(=O)/C=C(\O)C(C)(C)C.CCC(C)(CC)c1cc(C)[c-]c(-c2cnc3ccccc3n2)c1.[Ir]. The quantitative estimate of drug-likeness (QED) is 0.167. The van der Waals surface area contributed by atoms with Crippen molar-refractivity contribution in [2.75, 3.05) is 0 Å². The van der Waals surface area contributed by atoms with Crippen molar-refractivity contribution in [2.24, 2.45) is 10.8 Å². The van der Waals surface area contributed by atoms with Gasteiger partial charge in [0, 0.05) is 48.9 Å². The number of aryl methyl sites for hydroxylation is 1. The number of para-hydroxylation sites is 2. The average molecular weight is 680 g/mol. The molecule has 0 saturated heterocycles. The summed E-state index contributed by atoms with van der Waals surface area (Å²) in [7, 11) is 0. The van der Waals surface area contributed by atoms with Crippen molar-refractivity contribution in [1.29, 1.82) is 0 Å². The van der Waals surface area contributed by atoms with E-state index in [1.807, 2.05) is 72.0 Å². The minimum Gasteiger partial charge on any atom is -0.512 e. The van der Waals surface area contributed by atoms with E-state index < -0.39 is 5.41 Å². The van der Waals surface area contributed by atoms with Crippen LogP contribution in [0.25, 0.3) is 22.3 Å². The van der Waals surface area contributed by atoms with E-state index in [1.165, 1.54) is 11.6 Å². The summed E-state index contributed by atoms with van der Waals surface area (Å²) >= 11 is 0. The Bertz CT molecular complexity index is 1230. The van der Waals surface area contributed by atoms with E-state index in [-0.39, 0.29) is 42.5 Å². The molecule has 0 spiro atoms. The van der Waals surface area contributed by atoms with Crippen LogP contribution in [0.15, 0.2) is 54.4 Å². The first-order valence-corrected chi connectivity index (χ1v) is 12.8. The molecule has 2 aromatic carbocycles. The number of allylic oxidation sites excluding steroid dienone is 2. The predicted molar refractivity (Wildman–Crippen MR) is 151 cm³/mol. The van der Waals surface area contributed by atoms with Crippen LogP contribution in [-0.4, -0.2) is 20.9 Å². The number of rotatable bonds is 5. The van der Waals surface area contributed by atoms with Crippen LogP contribution < -0.4 is 0 Å². The molecule has 0 aliphatic heterocycles. The molecule has 1 radical (unpaired) electrons. The normalized spacial score (nSPS) is 12.4. The molecule has 0 aliphatic carbocycles. The third kappa shape index (κ3) is 8.86. The summed E-state index contributed by atoms with van der Waals surface area (Å²) in [5, 5.41) is 9.56. The van der Waals surface area contributed by atoms with Gasteiger partial charge in [-0.15, -0.1) is 34.9 Å². The first-order valence-electron chi connectivity index (χ1n) is 12.8. The summed E-state index contributed by atoms with van der Waals surface area (Å²) < 4.78 is 0. The molecule has 1 heterocycles. The Morgan fingerprint density at radius 2 is 1.51 bits per heavy atom. The monoisotopic (exact) mass is 680 g/mol. The summed E-state index contributed by atoms with van der Waals surface area (Å²) in [6.45, 7) is 20.1. The number of carbonyl (C=O) groups is 1. The van der Waals surface area contributed by atoms with E-state index in [0.717, 1.165) is 40.7 Å². The van der Waals surface area contributed by atoms with E-state index >= 15 is 0 Å². The van der Waals surface area contributed by atoms with Gasteiger partial charge < -0.3 is 5.11 Å². The van der Waals surface area contributed by atoms with Crippen LogP contribution >= 0.6 is 0 Å². The van der Waals surface area contributed by atoms with Crippen LogP contribution in [0.2, 0.25) is 0 Å². The molecule has 37 heavy (non-hydrogen) atoms. The summed E-state index contributed by atoms with van der Waals surface area (Å²) in [5.74, 6) is 0.104. The number of hydrogen-bond donors (Lipinski definition) is 1. The van der Waals surface area contributed by atoms with Crippen molar-refractivity contribution < 1.29 is 30.0 Å². The number of benzene rings is 2. The topological polar surface area (TPSA) is 63.1 Å². The predicted octanol–water partition coefficient (Wildman–Crippen LogP) is 8.57. The Hall–Kier alpha value is -2.36. The van der Waals surface area contributed by atoms with Crippen LogP contribution in [-0.2, 0) is 30.3 Å². The molecule has 1 aromatic heterocycles. The summed E-state index contributed by atoms with van der Waals surface area (Å²) in [4.78, 5) is 20.8. The molecule has 4 nitrogen and oxygen atoms in total. The molecule has 0 unspecified atom stereocenters. The Morgan fingerprint density at radius 3 is 2.03 bits per heavy atom. The maximum atomic E-state index is 11.5. The molecule has 0 atom stereocenters. The third-order valence-electron chi connectivity index (χ3n) is 6.76. The number of ketones is 1. The summed E-state index contributed by atoms with van der Waals surface area (Å²) in [6, 6.07) is 15.9. The van der Waals surface area contributed by atoms with Crippen molar-refractivity contribution in [2.45, 2.75) is 87.5 Å². The minimum atomic E-state index is -0.417. The van der Waals surface area contributed by atoms with E-state index in [2.05, 4.69) is 50.9 Å². The number of aliphatic hydroxyl groups excluding tert-OH is 1. The largest absolute Gasteiger partial charge is 0.512 e. The Kier molecular flexibility index (Phi) is 11.4. The van der Waals surface area contributed by atoms with E-state index in [4.69, 9.17) is 4.98 Å². The molecule has 0 saturated carbocycles. The second kappa shape index (κ2) is 12.9. The Labute approximate surface area is 237 Å². The number of hydrogen-bond acceptors (Lipinski definition) is 4. The van der Waals surface area contributed by atoms with E-state index in [0.29, 0.717) is 0 Å². The fourth-order valence-corrected chi connectivity index (χ4v) is 3.50. The van der Waals surface area contributed by atoms with Gasteiger partial charge in [0.15, 0.2) is 5.78 Å². The second-order valence-electron chi connectivity index (χ2n) is 11.9. The van der Waals surface area contributed by atoms with Gasteiger partial charge in [-0.3, -0.25) is 14.8 Å². The first-order chi connectivity index (χ1) is 16.6. The zero-order chi connectivity index (χ0) is 27.3. The molecular weight excluding hydrogens is 637 g/mol. The maximum absolute atomic E-state index is 11.5. The van der Waals surface area contributed by atoms with Gasteiger partial charge in [0.05, 0.1) is 11.0 Å². The van der Waals surface area contributed by atoms with Gasteiger partial charge in [0.25, 0.3) is 0 Å². The molecule has 0 bridgehead atoms. The van der Waals surface area contributed by atoms with Crippen molar-refractivity contribution in [3.63, 3.8) is 0 Å². The van der Waals surface area contributed by atoms with Crippen molar-refractivity contribution in [3.05, 3.63) is 71.6 Å². The smallest absolute Gasteiger partial charge is 0.164 e.